The Hall–Kier alpha value is -1.06. The van der Waals surface area contributed by atoms with Crippen molar-refractivity contribution in [2.24, 2.45) is 0 Å². The smallest absolute Gasteiger partial charge is 0.0411 e. The van der Waals surface area contributed by atoms with E-state index in [1.165, 1.54) is 37.2 Å². The molecule has 2 rings (SSSR count). The fourth-order valence-electron chi connectivity index (χ4n) is 2.82. The number of hydrogen-bond acceptors (Lipinski definition) is 3. The Morgan fingerprint density at radius 1 is 1.21 bits per heavy atom. The van der Waals surface area contributed by atoms with Crippen molar-refractivity contribution in [3.05, 3.63) is 29.8 Å². The van der Waals surface area contributed by atoms with Gasteiger partial charge in [-0.25, -0.2) is 0 Å². The summed E-state index contributed by atoms with van der Waals surface area (Å²) in [7, 11) is 4.24. The van der Waals surface area contributed by atoms with E-state index in [2.05, 4.69) is 60.4 Å². The van der Waals surface area contributed by atoms with Crippen LogP contribution in [0.15, 0.2) is 24.3 Å². The summed E-state index contributed by atoms with van der Waals surface area (Å²) < 4.78 is 0. The van der Waals surface area contributed by atoms with Crippen molar-refractivity contribution in [3.63, 3.8) is 0 Å². The fourth-order valence-corrected chi connectivity index (χ4v) is 2.82. The summed E-state index contributed by atoms with van der Waals surface area (Å²) in [4.78, 5) is 4.75. The molecule has 1 aliphatic heterocycles. The molecule has 1 aromatic rings. The second-order valence-corrected chi connectivity index (χ2v) is 5.87. The van der Waals surface area contributed by atoms with Crippen LogP contribution in [-0.2, 0) is 6.54 Å². The molecule has 19 heavy (non-hydrogen) atoms. The molecule has 0 aromatic heterocycles. The zero-order valence-corrected chi connectivity index (χ0v) is 12.5. The van der Waals surface area contributed by atoms with Crippen LogP contribution in [0.5, 0.6) is 0 Å². The van der Waals surface area contributed by atoms with E-state index < -0.39 is 0 Å². The van der Waals surface area contributed by atoms with E-state index in [4.69, 9.17) is 0 Å². The Balaban J connectivity index is 1.95. The molecule has 106 valence electrons. The minimum atomic E-state index is 0.515. The van der Waals surface area contributed by atoms with Crippen molar-refractivity contribution in [2.75, 3.05) is 38.6 Å². The average Bonchev–Trinajstić information content (AvgIpc) is 2.89. The standard InChI is InChI=1S/C16H27N3/c1-14(13-18(2)3)17-12-15-8-4-5-9-16(15)19-10-6-7-11-19/h4-5,8-9,14,17H,6-7,10-13H2,1-3H3. The van der Waals surface area contributed by atoms with Crippen molar-refractivity contribution < 1.29 is 0 Å². The van der Waals surface area contributed by atoms with Gasteiger partial charge in [-0.15, -0.1) is 0 Å². The molecule has 1 saturated heterocycles. The molecule has 0 spiro atoms. The van der Waals surface area contributed by atoms with Gasteiger partial charge in [-0.05, 0) is 45.5 Å². The maximum Gasteiger partial charge on any atom is 0.0411 e. The van der Waals surface area contributed by atoms with Gasteiger partial charge >= 0.3 is 0 Å². The predicted octanol–water partition coefficient (Wildman–Crippen LogP) is 2.33. The molecule has 0 saturated carbocycles. The lowest BCUT2D eigenvalue weighted by Crippen LogP contribution is -2.35. The molecule has 1 unspecified atom stereocenters. The van der Waals surface area contributed by atoms with Gasteiger partial charge in [0, 0.05) is 37.9 Å². The molecule has 1 N–H and O–H groups in total. The first-order valence-electron chi connectivity index (χ1n) is 7.38. The number of para-hydroxylation sites is 1. The van der Waals surface area contributed by atoms with Gasteiger partial charge in [0.05, 0.1) is 0 Å². The molecule has 1 fully saturated rings. The van der Waals surface area contributed by atoms with Crippen molar-refractivity contribution >= 4 is 5.69 Å². The Kier molecular flexibility index (Phi) is 5.23. The molecular weight excluding hydrogens is 234 g/mol. The molecular formula is C16H27N3. The quantitative estimate of drug-likeness (QED) is 0.848. The number of hydrogen-bond donors (Lipinski definition) is 1. The van der Waals surface area contributed by atoms with Crippen LogP contribution in [0.25, 0.3) is 0 Å². The first-order valence-corrected chi connectivity index (χ1v) is 7.38. The molecule has 0 radical (unpaired) electrons. The summed E-state index contributed by atoms with van der Waals surface area (Å²) in [5.74, 6) is 0. The summed E-state index contributed by atoms with van der Waals surface area (Å²) in [6.45, 7) is 6.71. The van der Waals surface area contributed by atoms with Crippen LogP contribution >= 0.6 is 0 Å². The van der Waals surface area contributed by atoms with Gasteiger partial charge < -0.3 is 15.1 Å². The van der Waals surface area contributed by atoms with Crippen LogP contribution in [0.2, 0.25) is 0 Å². The van der Waals surface area contributed by atoms with Crippen molar-refractivity contribution in [1.82, 2.24) is 10.2 Å². The number of likely N-dealkylation sites (N-methyl/N-ethyl adjacent to an activating group) is 1. The van der Waals surface area contributed by atoms with E-state index in [9.17, 15) is 0 Å². The Morgan fingerprint density at radius 3 is 2.58 bits per heavy atom. The summed E-state index contributed by atoms with van der Waals surface area (Å²) in [5.41, 5.74) is 2.85. The molecule has 3 nitrogen and oxygen atoms in total. The number of nitrogens with one attached hydrogen (secondary N) is 1. The fraction of sp³-hybridized carbons (Fsp3) is 0.625. The summed E-state index contributed by atoms with van der Waals surface area (Å²) in [6.07, 6.45) is 2.66. The minimum absolute atomic E-state index is 0.515. The Labute approximate surface area is 117 Å². The number of rotatable bonds is 6. The third kappa shape index (κ3) is 4.22. The first kappa shape index (κ1) is 14.4. The zero-order valence-electron chi connectivity index (χ0n) is 12.5. The number of benzene rings is 1. The van der Waals surface area contributed by atoms with Gasteiger partial charge in [-0.3, -0.25) is 0 Å². The van der Waals surface area contributed by atoms with Crippen molar-refractivity contribution in [1.29, 1.82) is 0 Å². The topological polar surface area (TPSA) is 18.5 Å². The van der Waals surface area contributed by atoms with Gasteiger partial charge in [0.2, 0.25) is 0 Å². The normalized spacial score (nSPS) is 17.2. The SMILES string of the molecule is CC(CN(C)C)NCc1ccccc1N1CCCC1. The van der Waals surface area contributed by atoms with E-state index >= 15 is 0 Å². The van der Waals surface area contributed by atoms with Crippen LogP contribution in [-0.4, -0.2) is 44.7 Å². The maximum atomic E-state index is 3.63. The lowest BCUT2D eigenvalue weighted by Gasteiger charge is -2.23. The van der Waals surface area contributed by atoms with Crippen LogP contribution < -0.4 is 10.2 Å². The second-order valence-electron chi connectivity index (χ2n) is 5.87. The highest BCUT2D eigenvalue weighted by Crippen LogP contribution is 2.24. The molecule has 1 aromatic carbocycles. The molecule has 1 atom stereocenters. The van der Waals surface area contributed by atoms with Crippen LogP contribution in [0, 0.1) is 0 Å². The van der Waals surface area contributed by atoms with E-state index in [0.717, 1.165) is 13.1 Å². The lowest BCUT2D eigenvalue weighted by molar-refractivity contribution is 0.349. The van der Waals surface area contributed by atoms with E-state index in [1.807, 2.05) is 0 Å². The third-order valence-corrected chi connectivity index (χ3v) is 3.72. The lowest BCUT2D eigenvalue weighted by atomic mass is 10.1. The second kappa shape index (κ2) is 6.92. The van der Waals surface area contributed by atoms with Crippen LogP contribution in [0.3, 0.4) is 0 Å². The highest BCUT2D eigenvalue weighted by Gasteiger charge is 2.15. The van der Waals surface area contributed by atoms with Crippen molar-refractivity contribution in [3.8, 4) is 0 Å². The van der Waals surface area contributed by atoms with E-state index in [1.54, 1.807) is 0 Å². The van der Waals surface area contributed by atoms with Gasteiger partial charge in [-0.2, -0.15) is 0 Å². The summed E-state index contributed by atoms with van der Waals surface area (Å²) in [5, 5.41) is 3.63. The zero-order chi connectivity index (χ0) is 13.7. The van der Waals surface area contributed by atoms with E-state index in [-0.39, 0.29) is 0 Å². The summed E-state index contributed by atoms with van der Waals surface area (Å²) in [6, 6.07) is 9.33. The summed E-state index contributed by atoms with van der Waals surface area (Å²) >= 11 is 0. The van der Waals surface area contributed by atoms with Crippen molar-refractivity contribution in [2.45, 2.75) is 32.4 Å². The number of nitrogens with zero attached hydrogens (tertiary/aromatic N) is 2. The van der Waals surface area contributed by atoms with Gasteiger partial charge in [0.1, 0.15) is 0 Å². The first-order chi connectivity index (χ1) is 9.16. The monoisotopic (exact) mass is 261 g/mol. The maximum absolute atomic E-state index is 3.63. The largest absolute Gasteiger partial charge is 0.371 e. The van der Waals surface area contributed by atoms with Gasteiger partial charge in [0.25, 0.3) is 0 Å². The average molecular weight is 261 g/mol. The molecule has 1 aliphatic rings. The molecule has 0 bridgehead atoms. The highest BCUT2D eigenvalue weighted by molar-refractivity contribution is 5.54. The molecule has 1 heterocycles. The van der Waals surface area contributed by atoms with Crippen LogP contribution in [0.4, 0.5) is 5.69 Å². The Bertz CT molecular complexity index is 383. The van der Waals surface area contributed by atoms with Crippen LogP contribution in [0.1, 0.15) is 25.3 Å². The highest BCUT2D eigenvalue weighted by atomic mass is 15.1. The van der Waals surface area contributed by atoms with E-state index in [0.29, 0.717) is 6.04 Å². The molecule has 0 aliphatic carbocycles. The van der Waals surface area contributed by atoms with Gasteiger partial charge in [0.15, 0.2) is 0 Å². The predicted molar refractivity (Wildman–Crippen MR) is 82.7 cm³/mol. The molecule has 3 heteroatoms. The number of anilines is 1. The third-order valence-electron chi connectivity index (χ3n) is 3.72. The Morgan fingerprint density at radius 2 is 1.89 bits per heavy atom. The minimum Gasteiger partial charge on any atom is -0.371 e. The molecule has 0 amide bonds. The van der Waals surface area contributed by atoms with Gasteiger partial charge in [-0.1, -0.05) is 18.2 Å².